The Kier molecular flexibility index (Phi) is 3.44. The Labute approximate surface area is 155 Å². The number of nitrogens with one attached hydrogen (secondary N) is 1. The van der Waals surface area contributed by atoms with Crippen molar-refractivity contribution in [3.63, 3.8) is 0 Å². The Balaban J connectivity index is 0.00000225. The first-order valence-electron chi connectivity index (χ1n) is 10.00. The average molecular weight is 352 g/mol. The highest BCUT2D eigenvalue weighted by molar-refractivity contribution is 6.30. The molecule has 1 aromatic carbocycles. The van der Waals surface area contributed by atoms with Crippen molar-refractivity contribution in [2.75, 3.05) is 13.1 Å². The van der Waals surface area contributed by atoms with Gasteiger partial charge in [0, 0.05) is 19.5 Å². The maximum atomic E-state index is 8.65. The highest BCUT2D eigenvalue weighted by Gasteiger charge is 2.23. The lowest BCUT2D eigenvalue weighted by Gasteiger charge is -2.21. The molecule has 1 aliphatic carbocycles. The van der Waals surface area contributed by atoms with Crippen LogP contribution in [0.25, 0.3) is 5.57 Å². The van der Waals surface area contributed by atoms with Crippen LogP contribution in [0.4, 0.5) is 0 Å². The molecule has 0 unspecified atom stereocenters. The molecule has 1 aromatic heterocycles. The van der Waals surface area contributed by atoms with Gasteiger partial charge in [-0.2, -0.15) is 0 Å². The second-order valence-electron chi connectivity index (χ2n) is 5.58. The van der Waals surface area contributed by atoms with Gasteiger partial charge in [-0.15, -0.1) is 12.4 Å². The summed E-state index contributed by atoms with van der Waals surface area (Å²) in [6.45, 7) is 1.64. The molecule has 1 aliphatic heterocycles. The Bertz CT molecular complexity index is 967. The summed E-state index contributed by atoms with van der Waals surface area (Å²) in [5.74, 6) is 0. The molecule has 2 heterocycles. The first-order valence-corrected chi connectivity index (χ1v) is 7.87. The van der Waals surface area contributed by atoms with Gasteiger partial charge in [-0.1, -0.05) is 29.3 Å². The molecule has 0 saturated carbocycles. The number of hydrogen-bond donors (Lipinski definition) is 1. The van der Waals surface area contributed by atoms with Crippen molar-refractivity contribution in [2.45, 2.75) is 25.6 Å². The smallest absolute Gasteiger partial charge is 0.0840 e. The van der Waals surface area contributed by atoms with Crippen molar-refractivity contribution < 1.29 is 6.85 Å². The predicted octanol–water partition coefficient (Wildman–Crippen LogP) is 4.44. The minimum absolute atomic E-state index is 0. The minimum Gasteiger partial charge on any atom is -0.316 e. The van der Waals surface area contributed by atoms with Gasteiger partial charge in [0.15, 0.2) is 0 Å². The molecule has 1 saturated heterocycles. The summed E-state index contributed by atoms with van der Waals surface area (Å²) in [6.07, 6.45) is -0.526. The van der Waals surface area contributed by atoms with Crippen LogP contribution in [-0.2, 0) is 12.8 Å². The van der Waals surface area contributed by atoms with E-state index in [9.17, 15) is 0 Å². The van der Waals surface area contributed by atoms with Crippen LogP contribution >= 0.6 is 24.0 Å². The first kappa shape index (κ1) is 11.2. The van der Waals surface area contributed by atoms with Crippen molar-refractivity contribution in [1.82, 2.24) is 10.3 Å². The Morgan fingerprint density at radius 2 is 2.00 bits per heavy atom. The number of aromatic nitrogens is 1. The molecule has 4 rings (SSSR count). The number of fused-ring (bicyclic) bond motifs is 2. The SMILES string of the molecule is Cl.[2H]c1nc2c(c([2H])c1[2H])C([2H])([2H])Cc1cc(Cl)ccc1C2=C1CCNCC1. The lowest BCUT2D eigenvalue weighted by Crippen LogP contribution is -2.24. The molecule has 1 N–H and O–H groups in total. The fourth-order valence-electron chi connectivity index (χ4n) is 3.20. The fourth-order valence-corrected chi connectivity index (χ4v) is 3.39. The Morgan fingerprint density at radius 3 is 2.83 bits per heavy atom. The number of halogens is 2. The Hall–Kier alpha value is -1.35. The van der Waals surface area contributed by atoms with Crippen LogP contribution in [0.1, 0.15) is 42.1 Å². The van der Waals surface area contributed by atoms with Crippen LogP contribution < -0.4 is 5.32 Å². The number of nitrogens with zero attached hydrogens (tertiary/aromatic N) is 1. The van der Waals surface area contributed by atoms with Crippen LogP contribution in [0, 0.1) is 0 Å². The van der Waals surface area contributed by atoms with E-state index in [0.717, 1.165) is 48.2 Å². The van der Waals surface area contributed by atoms with Crippen LogP contribution in [0.5, 0.6) is 0 Å². The molecule has 120 valence electrons. The third-order valence-corrected chi connectivity index (χ3v) is 4.47. The van der Waals surface area contributed by atoms with E-state index in [1.165, 1.54) is 0 Å². The third kappa shape index (κ3) is 3.16. The van der Waals surface area contributed by atoms with E-state index in [4.69, 9.17) is 18.5 Å². The van der Waals surface area contributed by atoms with E-state index < -0.39 is 6.37 Å². The lowest BCUT2D eigenvalue weighted by molar-refractivity contribution is 0.611. The summed E-state index contributed by atoms with van der Waals surface area (Å²) in [5.41, 5.74) is 4.02. The van der Waals surface area contributed by atoms with Crippen LogP contribution in [0.3, 0.4) is 0 Å². The summed E-state index contributed by atoms with van der Waals surface area (Å²) in [4.78, 5) is 4.32. The summed E-state index contributed by atoms with van der Waals surface area (Å²) in [7, 11) is 0. The topological polar surface area (TPSA) is 24.9 Å². The van der Waals surface area contributed by atoms with Gasteiger partial charge >= 0.3 is 0 Å². The fraction of sp³-hybridized carbons (Fsp3) is 0.316. The van der Waals surface area contributed by atoms with Gasteiger partial charge < -0.3 is 5.32 Å². The molecule has 0 spiro atoms. The van der Waals surface area contributed by atoms with Gasteiger partial charge in [-0.3, -0.25) is 4.98 Å². The molecule has 0 bridgehead atoms. The highest BCUT2D eigenvalue weighted by atomic mass is 35.5. The van der Waals surface area contributed by atoms with Gasteiger partial charge in [-0.05, 0) is 73.6 Å². The number of piperidine rings is 1. The number of hydrogen-bond acceptors (Lipinski definition) is 2. The van der Waals surface area contributed by atoms with Crippen molar-refractivity contribution in [3.05, 3.63) is 69.4 Å². The first-order chi connectivity index (χ1) is 12.8. The maximum Gasteiger partial charge on any atom is 0.0840 e. The van der Waals surface area contributed by atoms with Gasteiger partial charge in [0.1, 0.15) is 0 Å². The standard InChI is InChI=1S/C19H19ClN2.ClH/c20-16-5-6-17-15(12-16)4-3-14-2-1-9-22-19(14)18(17)13-7-10-21-11-8-13;/h1-2,5-6,9,12,21H,3-4,7-8,10-11H2;1H/i1D,2D,3D2,9D;. The van der Waals surface area contributed by atoms with Crippen LogP contribution in [-0.4, -0.2) is 18.1 Å². The van der Waals surface area contributed by atoms with Crippen molar-refractivity contribution in [3.8, 4) is 0 Å². The number of benzene rings is 1. The second-order valence-corrected chi connectivity index (χ2v) is 6.02. The molecule has 4 heteroatoms. The zero-order valence-corrected chi connectivity index (χ0v) is 14.1. The van der Waals surface area contributed by atoms with E-state index in [0.29, 0.717) is 10.7 Å². The Morgan fingerprint density at radius 1 is 1.17 bits per heavy atom. The monoisotopic (exact) mass is 351 g/mol. The molecule has 1 fully saturated rings. The van der Waals surface area contributed by atoms with Gasteiger partial charge in [0.2, 0.25) is 0 Å². The predicted molar refractivity (Wildman–Crippen MR) is 98.5 cm³/mol. The minimum atomic E-state index is -1.88. The molecule has 0 atom stereocenters. The van der Waals surface area contributed by atoms with Gasteiger partial charge in [0.05, 0.1) is 9.81 Å². The van der Waals surface area contributed by atoms with E-state index in [1.807, 2.05) is 6.07 Å². The van der Waals surface area contributed by atoms with Crippen molar-refractivity contribution >= 4 is 29.6 Å². The maximum absolute atomic E-state index is 8.65. The molecule has 0 amide bonds. The summed E-state index contributed by atoms with van der Waals surface area (Å²) in [5, 5.41) is 3.85. The number of pyridine rings is 1. The summed E-state index contributed by atoms with van der Waals surface area (Å²) < 4.78 is 41.7. The zero-order chi connectivity index (χ0) is 19.3. The molecule has 2 nitrogen and oxygen atoms in total. The number of rotatable bonds is 0. The summed E-state index contributed by atoms with van der Waals surface area (Å²) in [6, 6.07) is 4.86. The van der Waals surface area contributed by atoms with Gasteiger partial charge in [0.25, 0.3) is 0 Å². The molecule has 2 aromatic rings. The third-order valence-electron chi connectivity index (χ3n) is 4.24. The molecular weight excluding hydrogens is 327 g/mol. The largest absolute Gasteiger partial charge is 0.316 e. The summed E-state index contributed by atoms with van der Waals surface area (Å²) >= 11 is 6.19. The molecule has 23 heavy (non-hydrogen) atoms. The molecule has 0 radical (unpaired) electrons. The van der Waals surface area contributed by atoms with Crippen molar-refractivity contribution in [2.24, 2.45) is 0 Å². The average Bonchev–Trinajstić information content (AvgIpc) is 2.71. The van der Waals surface area contributed by atoms with Gasteiger partial charge in [-0.25, -0.2) is 0 Å². The van der Waals surface area contributed by atoms with E-state index in [1.54, 1.807) is 12.1 Å². The number of aryl methyl sites for hydroxylation is 1. The van der Waals surface area contributed by atoms with E-state index in [-0.39, 0.29) is 42.6 Å². The normalized spacial score (nSPS) is 22.2. The van der Waals surface area contributed by atoms with Crippen LogP contribution in [0.2, 0.25) is 5.02 Å². The lowest BCUT2D eigenvalue weighted by atomic mass is 9.89. The quantitative estimate of drug-likeness (QED) is 0.758. The highest BCUT2D eigenvalue weighted by Crippen LogP contribution is 2.37. The second kappa shape index (κ2) is 7.04. The van der Waals surface area contributed by atoms with Crippen molar-refractivity contribution in [1.29, 1.82) is 0 Å². The molecular formula is C19H20Cl2N2. The van der Waals surface area contributed by atoms with E-state index in [2.05, 4.69) is 10.3 Å². The molecule has 2 aliphatic rings. The zero-order valence-electron chi connectivity index (χ0n) is 17.5. The van der Waals surface area contributed by atoms with Crippen LogP contribution in [0.15, 0.2) is 42.0 Å². The van der Waals surface area contributed by atoms with E-state index >= 15 is 0 Å².